The number of aliphatic hydroxyl groups is 4. The number of esters is 3. The zero-order valence-corrected chi connectivity index (χ0v) is 44.7. The summed E-state index contributed by atoms with van der Waals surface area (Å²) >= 11 is 0. The number of ether oxygens (including phenoxy) is 8. The molecule has 5 aliphatic rings. The van der Waals surface area contributed by atoms with Gasteiger partial charge in [0.15, 0.2) is 0 Å². The van der Waals surface area contributed by atoms with Crippen LogP contribution in [-0.2, 0) is 52.3 Å². The van der Waals surface area contributed by atoms with Crippen molar-refractivity contribution in [3.8, 4) is 0 Å². The van der Waals surface area contributed by atoms with Gasteiger partial charge in [-0.2, -0.15) is 0 Å². The first-order valence-corrected chi connectivity index (χ1v) is 26.4. The topological polar surface area (TPSA) is 206 Å². The third-order valence-corrected chi connectivity index (χ3v) is 13.0. The van der Waals surface area contributed by atoms with Gasteiger partial charge >= 0.3 is 17.9 Å². The average Bonchev–Trinajstić information content (AvgIpc) is 4.16. The molecule has 0 spiro atoms. The van der Waals surface area contributed by atoms with E-state index in [0.717, 1.165) is 55.7 Å². The average molecular weight is 1010 g/mol. The number of carbonyl (C=O) groups is 3. The van der Waals surface area contributed by atoms with E-state index in [1.165, 1.54) is 75.4 Å². The highest BCUT2D eigenvalue weighted by Crippen LogP contribution is 2.58. The Bertz CT molecular complexity index is 1410. The molecule has 0 amide bonds. The maximum atomic E-state index is 10.8. The Hall–Kier alpha value is -3.41. The van der Waals surface area contributed by atoms with Crippen molar-refractivity contribution in [2.45, 2.75) is 174 Å². The van der Waals surface area contributed by atoms with Crippen molar-refractivity contribution < 1.29 is 72.7 Å². The Balaban J connectivity index is 0.000000864. The molecular weight excluding hydrogens is 913 g/mol. The molecule has 15 nitrogen and oxygen atoms in total. The molecule has 0 aromatic rings. The van der Waals surface area contributed by atoms with Crippen molar-refractivity contribution in [3.05, 3.63) is 63.0 Å². The Kier molecular flexibility index (Phi) is 41.0. The predicted molar refractivity (Wildman–Crippen MR) is 278 cm³/mol. The molecule has 15 heteroatoms. The summed E-state index contributed by atoms with van der Waals surface area (Å²) in [7, 11) is 1.46. The van der Waals surface area contributed by atoms with Gasteiger partial charge in [0.2, 0.25) is 0 Å². The first-order chi connectivity index (χ1) is 34.0. The number of hydrogen-bond acceptors (Lipinski definition) is 15. The summed E-state index contributed by atoms with van der Waals surface area (Å²) in [5, 5.41) is 37.3. The van der Waals surface area contributed by atoms with Gasteiger partial charge in [-0.1, -0.05) is 79.9 Å². The first kappa shape index (κ1) is 67.6. The van der Waals surface area contributed by atoms with Crippen molar-refractivity contribution in [3.63, 3.8) is 0 Å². The molecule has 0 heterocycles. The number of hydrogen-bond donors (Lipinski definition) is 4. The van der Waals surface area contributed by atoms with Crippen molar-refractivity contribution in [1.82, 2.24) is 0 Å². The summed E-state index contributed by atoms with van der Waals surface area (Å²) in [6.07, 6.45) is 23.6. The van der Waals surface area contributed by atoms with Crippen LogP contribution in [0, 0.1) is 35.5 Å². The fraction of sp³-hybridized carbons (Fsp3) is 0.768. The predicted octanol–water partition coefficient (Wildman–Crippen LogP) is 8.81. The smallest absolute Gasteiger partial charge is 0.330 e. The minimum absolute atomic E-state index is 0.0326. The number of methoxy groups -OCH3 is 1. The standard InChI is InChI=1S/C14H24O4.C14H24O3.C10H16.C8H14O4.C7H12O4.C3H8/c1-3-11-5-7-13(8-6-11)17-9-12(15)10-18-14(16)4-2;1-4-12(3)16-9-13(15)10-17-14-7-5-11(2)6-8-14;1-2-9-7-4-5-8(6-7)10(9)3-1;1-3-8(10)12-6-7(9)5-11-4-2;1-3-7(9)11-5-6(8)4-10-2;1-3-2/h4,11-13,15H,2-3,5-10H2,1H3;4,11,13-15H,1,3,5-10H2,2H3;7-10H,1-6H2;3,7,9H,1,4-6H2,2H3;3,6,8H,1,4-5H2,2H3;3H2,1-2H3. The van der Waals surface area contributed by atoms with Gasteiger partial charge in [-0.3, -0.25) is 0 Å². The summed E-state index contributed by atoms with van der Waals surface area (Å²) in [5.41, 5.74) is 0. The van der Waals surface area contributed by atoms with Crippen LogP contribution in [0.5, 0.6) is 0 Å². The fourth-order valence-corrected chi connectivity index (χ4v) is 9.23. The lowest BCUT2D eigenvalue weighted by molar-refractivity contribution is -0.143. The number of fused-ring (bicyclic) bond motifs is 5. The van der Waals surface area contributed by atoms with Crippen LogP contribution in [0.1, 0.15) is 137 Å². The zero-order chi connectivity index (χ0) is 53.4. The van der Waals surface area contributed by atoms with Gasteiger partial charge < -0.3 is 58.3 Å². The number of allylic oxidation sites excluding steroid dienone is 1. The second-order valence-corrected chi connectivity index (χ2v) is 19.1. The molecule has 8 atom stereocenters. The minimum Gasteiger partial charge on any atom is -0.491 e. The van der Waals surface area contributed by atoms with Gasteiger partial charge in [-0.15, -0.1) is 0 Å². The van der Waals surface area contributed by atoms with E-state index in [2.05, 4.69) is 74.8 Å². The second kappa shape index (κ2) is 43.0. The SMILES string of the molecule is C1CC2C3CCC(C3)C2C1.C=CC(=C)OCC(O)COC1CCC(C)CC1.C=CC(=O)OCC(O)COC.C=CC(=O)OCC(O)COC1CCC(CC)CC1.C=CC(=O)OCC(O)COCC.CCC. The van der Waals surface area contributed by atoms with E-state index >= 15 is 0 Å². The molecule has 5 rings (SSSR count). The maximum Gasteiger partial charge on any atom is 0.330 e. The quantitative estimate of drug-likeness (QED) is 0.0222. The summed E-state index contributed by atoms with van der Waals surface area (Å²) in [5.74, 6) is 5.34. The van der Waals surface area contributed by atoms with E-state index in [9.17, 15) is 24.6 Å². The molecule has 2 bridgehead atoms. The van der Waals surface area contributed by atoms with Crippen LogP contribution in [0.25, 0.3) is 0 Å². The van der Waals surface area contributed by atoms with Crippen LogP contribution < -0.4 is 0 Å². The molecule has 0 saturated heterocycles. The highest BCUT2D eigenvalue weighted by atomic mass is 16.6. The van der Waals surface area contributed by atoms with Gasteiger partial charge in [0.1, 0.15) is 56.6 Å². The summed E-state index contributed by atoms with van der Waals surface area (Å²) in [6, 6.07) is 0. The highest BCUT2D eigenvalue weighted by Gasteiger charge is 2.48. The Labute approximate surface area is 428 Å². The van der Waals surface area contributed by atoms with E-state index in [-0.39, 0.29) is 52.4 Å². The van der Waals surface area contributed by atoms with Crippen LogP contribution in [0.3, 0.4) is 0 Å². The molecule has 5 fully saturated rings. The molecule has 5 aliphatic carbocycles. The number of carbonyl (C=O) groups excluding carboxylic acids is 3. The van der Waals surface area contributed by atoms with Crippen LogP contribution in [0.2, 0.25) is 0 Å². The largest absolute Gasteiger partial charge is 0.491 e. The molecule has 5 saturated carbocycles. The number of aliphatic hydroxyl groups excluding tert-OH is 4. The molecule has 0 aromatic carbocycles. The molecule has 0 aromatic heterocycles. The van der Waals surface area contributed by atoms with Gasteiger partial charge in [-0.25, -0.2) is 14.4 Å². The Morgan fingerprint density at radius 2 is 0.930 bits per heavy atom. The fourth-order valence-electron chi connectivity index (χ4n) is 9.23. The van der Waals surface area contributed by atoms with Crippen LogP contribution in [0.4, 0.5) is 0 Å². The van der Waals surface area contributed by atoms with Crippen molar-refractivity contribution >= 4 is 17.9 Å². The molecule has 0 aliphatic heterocycles. The van der Waals surface area contributed by atoms with E-state index in [4.69, 9.17) is 33.9 Å². The maximum absolute atomic E-state index is 10.8. The molecule has 8 unspecified atom stereocenters. The third-order valence-electron chi connectivity index (χ3n) is 13.0. The normalized spacial score (nSPS) is 25.0. The van der Waals surface area contributed by atoms with Crippen molar-refractivity contribution in [1.29, 1.82) is 0 Å². The molecule has 412 valence electrons. The van der Waals surface area contributed by atoms with Crippen LogP contribution >= 0.6 is 0 Å². The van der Waals surface area contributed by atoms with E-state index < -0.39 is 42.3 Å². The van der Waals surface area contributed by atoms with Crippen LogP contribution in [-0.4, -0.2) is 142 Å². The van der Waals surface area contributed by atoms with Gasteiger partial charge in [-0.05, 0) is 132 Å². The lowest BCUT2D eigenvalue weighted by Crippen LogP contribution is -2.28. The highest BCUT2D eigenvalue weighted by molar-refractivity contribution is 5.81. The first-order valence-electron chi connectivity index (χ1n) is 26.4. The van der Waals surface area contributed by atoms with Crippen molar-refractivity contribution in [2.24, 2.45) is 35.5 Å². The molecule has 71 heavy (non-hydrogen) atoms. The van der Waals surface area contributed by atoms with E-state index in [1.807, 2.05) is 6.92 Å². The van der Waals surface area contributed by atoms with Crippen molar-refractivity contribution in [2.75, 3.05) is 66.6 Å². The van der Waals surface area contributed by atoms with Gasteiger partial charge in [0.05, 0.1) is 38.6 Å². The zero-order valence-electron chi connectivity index (χ0n) is 44.7. The summed E-state index contributed by atoms with van der Waals surface area (Å²) in [6.45, 7) is 28.9. The van der Waals surface area contributed by atoms with E-state index in [0.29, 0.717) is 25.1 Å². The summed E-state index contributed by atoms with van der Waals surface area (Å²) < 4.78 is 39.8. The van der Waals surface area contributed by atoms with E-state index in [1.54, 1.807) is 38.5 Å². The minimum atomic E-state index is -0.760. The van der Waals surface area contributed by atoms with Crippen LogP contribution in [0.15, 0.2) is 63.0 Å². The second-order valence-electron chi connectivity index (χ2n) is 19.1. The monoisotopic (exact) mass is 1010 g/mol. The Morgan fingerprint density at radius 1 is 0.535 bits per heavy atom. The third kappa shape index (κ3) is 33.9. The summed E-state index contributed by atoms with van der Waals surface area (Å²) in [4.78, 5) is 31.7. The Morgan fingerprint density at radius 3 is 1.31 bits per heavy atom. The lowest BCUT2D eigenvalue weighted by atomic mass is 9.82. The lowest BCUT2D eigenvalue weighted by Gasteiger charge is -2.28. The molecule has 4 N–H and O–H groups in total. The van der Waals surface area contributed by atoms with Gasteiger partial charge in [0, 0.05) is 31.9 Å². The van der Waals surface area contributed by atoms with Gasteiger partial charge in [0.25, 0.3) is 0 Å². The number of rotatable bonds is 25. The molecule has 0 radical (unpaired) electrons. The molecular formula is C56H98O15.